The van der Waals surface area contributed by atoms with Crippen molar-refractivity contribution >= 4 is 23.8 Å². The van der Waals surface area contributed by atoms with Crippen molar-refractivity contribution in [3.8, 4) is 0 Å². The zero-order valence-corrected chi connectivity index (χ0v) is 12.1. The Labute approximate surface area is 117 Å². The Morgan fingerprint density at radius 1 is 1.37 bits per heavy atom. The molecule has 1 atom stereocenters. The number of amides is 2. The predicted molar refractivity (Wildman–Crippen MR) is 75.4 cm³/mol. The summed E-state index contributed by atoms with van der Waals surface area (Å²) < 4.78 is 0.148. The Morgan fingerprint density at radius 2 is 2.00 bits per heavy atom. The van der Waals surface area contributed by atoms with Crippen molar-refractivity contribution in [1.82, 2.24) is 10.6 Å². The fourth-order valence-electron chi connectivity index (χ4n) is 2.72. The number of rotatable bonds is 6. The van der Waals surface area contributed by atoms with Crippen molar-refractivity contribution in [3.63, 3.8) is 0 Å². The molecule has 5 nitrogen and oxygen atoms in total. The zero-order chi connectivity index (χ0) is 13.9. The standard InChI is InChI=1S/C13H22N2O3S/c1-19-13(6-2-3-7-13)8-14-12(18)15-10(11(16)17)9-4-5-9/h9-10H,2-8H2,1H3,(H,16,17)(H2,14,15,18). The van der Waals surface area contributed by atoms with Crippen molar-refractivity contribution in [2.24, 2.45) is 5.92 Å². The van der Waals surface area contributed by atoms with Gasteiger partial charge in [0, 0.05) is 11.3 Å². The topological polar surface area (TPSA) is 78.4 Å². The molecule has 3 N–H and O–H groups in total. The van der Waals surface area contributed by atoms with E-state index in [0.29, 0.717) is 6.54 Å². The second kappa shape index (κ2) is 6.03. The largest absolute Gasteiger partial charge is 0.480 e. The highest BCUT2D eigenvalue weighted by Crippen LogP contribution is 2.39. The molecule has 108 valence electrons. The van der Waals surface area contributed by atoms with Gasteiger partial charge in [-0.3, -0.25) is 0 Å². The van der Waals surface area contributed by atoms with Crippen LogP contribution in [0.15, 0.2) is 0 Å². The third kappa shape index (κ3) is 3.78. The lowest BCUT2D eigenvalue weighted by atomic mass is 10.1. The van der Waals surface area contributed by atoms with Crippen molar-refractivity contribution in [2.45, 2.75) is 49.3 Å². The molecule has 0 aromatic carbocycles. The monoisotopic (exact) mass is 286 g/mol. The number of carbonyl (C=O) groups is 2. The summed E-state index contributed by atoms with van der Waals surface area (Å²) in [6.45, 7) is 0.622. The molecule has 2 aliphatic rings. The maximum absolute atomic E-state index is 11.8. The Balaban J connectivity index is 1.78. The lowest BCUT2D eigenvalue weighted by molar-refractivity contribution is -0.139. The van der Waals surface area contributed by atoms with Crippen LogP contribution in [-0.2, 0) is 4.79 Å². The van der Waals surface area contributed by atoms with E-state index < -0.39 is 12.0 Å². The molecule has 6 heteroatoms. The van der Waals surface area contributed by atoms with Crippen LogP contribution in [0.4, 0.5) is 4.79 Å². The Hall–Kier alpha value is -0.910. The predicted octanol–water partition coefficient (Wildman–Crippen LogP) is 1.82. The molecule has 0 heterocycles. The maximum Gasteiger partial charge on any atom is 0.326 e. The molecule has 2 rings (SSSR count). The number of carbonyl (C=O) groups excluding carboxylic acids is 1. The minimum absolute atomic E-state index is 0.115. The second-order valence-corrected chi connectivity index (χ2v) is 6.85. The molecule has 0 aromatic rings. The van der Waals surface area contributed by atoms with Gasteiger partial charge in [-0.05, 0) is 37.9 Å². The minimum atomic E-state index is -0.932. The van der Waals surface area contributed by atoms with E-state index in [1.54, 1.807) is 11.8 Å². The van der Waals surface area contributed by atoms with E-state index in [0.717, 1.165) is 25.7 Å². The smallest absolute Gasteiger partial charge is 0.326 e. The van der Waals surface area contributed by atoms with Gasteiger partial charge in [0.1, 0.15) is 6.04 Å². The molecule has 0 aromatic heterocycles. The van der Waals surface area contributed by atoms with E-state index in [-0.39, 0.29) is 16.7 Å². The van der Waals surface area contributed by atoms with Crippen molar-refractivity contribution in [1.29, 1.82) is 0 Å². The highest BCUT2D eigenvalue weighted by molar-refractivity contribution is 8.00. The SMILES string of the molecule is CSC1(CNC(=O)NC(C(=O)O)C2CC2)CCCC1. The van der Waals surface area contributed by atoms with Crippen LogP contribution in [0.2, 0.25) is 0 Å². The first-order chi connectivity index (χ1) is 9.06. The van der Waals surface area contributed by atoms with Crippen LogP contribution in [-0.4, -0.2) is 40.7 Å². The first-order valence-corrected chi connectivity index (χ1v) is 8.11. The van der Waals surface area contributed by atoms with Crippen LogP contribution in [0.25, 0.3) is 0 Å². The number of aliphatic carboxylic acids is 1. The van der Waals surface area contributed by atoms with Crippen LogP contribution in [0.3, 0.4) is 0 Å². The summed E-state index contributed by atoms with van der Waals surface area (Å²) in [7, 11) is 0. The van der Waals surface area contributed by atoms with E-state index in [9.17, 15) is 9.59 Å². The first-order valence-electron chi connectivity index (χ1n) is 6.89. The zero-order valence-electron chi connectivity index (χ0n) is 11.3. The van der Waals surface area contributed by atoms with Crippen LogP contribution >= 0.6 is 11.8 Å². The first kappa shape index (κ1) is 14.5. The molecule has 0 aliphatic heterocycles. The summed E-state index contributed by atoms with van der Waals surface area (Å²) in [4.78, 5) is 22.9. The van der Waals surface area contributed by atoms with Gasteiger partial charge in [-0.1, -0.05) is 12.8 Å². The summed E-state index contributed by atoms with van der Waals surface area (Å²) in [6.07, 6.45) is 8.54. The quantitative estimate of drug-likeness (QED) is 0.696. The van der Waals surface area contributed by atoms with Crippen LogP contribution in [0, 0.1) is 5.92 Å². The number of hydrogen-bond acceptors (Lipinski definition) is 3. The lowest BCUT2D eigenvalue weighted by Gasteiger charge is -2.27. The van der Waals surface area contributed by atoms with Gasteiger partial charge in [0.25, 0.3) is 0 Å². The van der Waals surface area contributed by atoms with Gasteiger partial charge in [0.2, 0.25) is 0 Å². The Kier molecular flexibility index (Phi) is 4.60. The van der Waals surface area contributed by atoms with Crippen LogP contribution < -0.4 is 10.6 Å². The normalized spacial score (nSPS) is 22.8. The molecule has 2 fully saturated rings. The summed E-state index contributed by atoms with van der Waals surface area (Å²) in [5, 5.41) is 14.5. The van der Waals surface area contributed by atoms with Crippen LogP contribution in [0.1, 0.15) is 38.5 Å². The molecule has 2 saturated carbocycles. The van der Waals surface area contributed by atoms with E-state index in [1.165, 1.54) is 12.8 Å². The minimum Gasteiger partial charge on any atom is -0.480 e. The van der Waals surface area contributed by atoms with Gasteiger partial charge in [-0.2, -0.15) is 11.8 Å². The third-order valence-electron chi connectivity index (χ3n) is 4.16. The molecule has 2 aliphatic carbocycles. The van der Waals surface area contributed by atoms with Crippen molar-refractivity contribution in [3.05, 3.63) is 0 Å². The number of hydrogen-bond donors (Lipinski definition) is 3. The van der Waals surface area contributed by atoms with Gasteiger partial charge in [-0.15, -0.1) is 0 Å². The molecular weight excluding hydrogens is 264 g/mol. The second-order valence-electron chi connectivity index (χ2n) is 5.57. The summed E-state index contributed by atoms with van der Waals surface area (Å²) >= 11 is 1.81. The fourth-order valence-corrected chi connectivity index (χ4v) is 3.63. The van der Waals surface area contributed by atoms with E-state index in [4.69, 9.17) is 5.11 Å². The summed E-state index contributed by atoms with van der Waals surface area (Å²) in [6, 6.07) is -1.08. The Morgan fingerprint density at radius 3 is 2.47 bits per heavy atom. The fraction of sp³-hybridized carbons (Fsp3) is 0.846. The Bertz CT molecular complexity index is 352. The lowest BCUT2D eigenvalue weighted by Crippen LogP contribution is -2.50. The molecule has 19 heavy (non-hydrogen) atoms. The molecule has 0 radical (unpaired) electrons. The number of nitrogens with one attached hydrogen (secondary N) is 2. The molecule has 1 unspecified atom stereocenters. The van der Waals surface area contributed by atoms with E-state index in [1.807, 2.05) is 0 Å². The third-order valence-corrected chi connectivity index (χ3v) is 5.58. The van der Waals surface area contributed by atoms with Gasteiger partial charge >= 0.3 is 12.0 Å². The molecule has 0 bridgehead atoms. The van der Waals surface area contributed by atoms with Gasteiger partial charge in [-0.25, -0.2) is 9.59 Å². The number of carboxylic acid groups (broad SMARTS) is 1. The van der Waals surface area contributed by atoms with Gasteiger partial charge in [0.05, 0.1) is 0 Å². The van der Waals surface area contributed by atoms with E-state index >= 15 is 0 Å². The number of urea groups is 1. The molecule has 0 spiro atoms. The molecule has 0 saturated heterocycles. The average Bonchev–Trinajstić information content (AvgIpc) is 3.11. The van der Waals surface area contributed by atoms with Crippen molar-refractivity contribution in [2.75, 3.05) is 12.8 Å². The highest BCUT2D eigenvalue weighted by atomic mass is 32.2. The van der Waals surface area contributed by atoms with E-state index in [2.05, 4.69) is 16.9 Å². The maximum atomic E-state index is 11.8. The van der Waals surface area contributed by atoms with Crippen LogP contribution in [0.5, 0.6) is 0 Å². The highest BCUT2D eigenvalue weighted by Gasteiger charge is 2.38. The molecule has 2 amide bonds. The average molecular weight is 286 g/mol. The summed E-state index contributed by atoms with van der Waals surface area (Å²) in [5.41, 5.74) is 0. The molecular formula is C13H22N2O3S. The number of carboxylic acids is 1. The van der Waals surface area contributed by atoms with Gasteiger partial charge in [0.15, 0.2) is 0 Å². The summed E-state index contributed by atoms with van der Waals surface area (Å²) in [5.74, 6) is -0.817. The van der Waals surface area contributed by atoms with Gasteiger partial charge < -0.3 is 15.7 Å². The number of thioether (sulfide) groups is 1. The van der Waals surface area contributed by atoms with Crippen molar-refractivity contribution < 1.29 is 14.7 Å².